The second-order valence-electron chi connectivity index (χ2n) is 7.03. The largest absolute Gasteiger partial charge is 0.323 e. The van der Waals surface area contributed by atoms with Crippen LogP contribution in [0.3, 0.4) is 0 Å². The zero-order chi connectivity index (χ0) is 21.1. The number of nitrogens with one attached hydrogen (secondary N) is 1. The van der Waals surface area contributed by atoms with Gasteiger partial charge in [0, 0.05) is 18.6 Å². The molecule has 1 aromatic carbocycles. The summed E-state index contributed by atoms with van der Waals surface area (Å²) in [7, 11) is 1.72. The molecule has 0 unspecified atom stereocenters. The average Bonchev–Trinajstić information content (AvgIpc) is 3.02. The Morgan fingerprint density at radius 3 is 2.83 bits per heavy atom. The van der Waals surface area contributed by atoms with Gasteiger partial charge in [-0.1, -0.05) is 37.2 Å². The van der Waals surface area contributed by atoms with E-state index in [1.165, 1.54) is 16.8 Å². The second-order valence-corrected chi connectivity index (χ2v) is 8.41. The molecule has 29 heavy (non-hydrogen) atoms. The maximum atomic E-state index is 13.9. The number of anilines is 1. The number of benzene rings is 1. The number of nitrogens with zero attached hydrogens (tertiary/aromatic N) is 4. The minimum atomic E-state index is -0.611. The molecule has 0 radical (unpaired) electrons. The highest BCUT2D eigenvalue weighted by atomic mass is 35.5. The van der Waals surface area contributed by atoms with Crippen LogP contribution in [-0.4, -0.2) is 31.0 Å². The normalized spacial score (nSPS) is 11.4. The van der Waals surface area contributed by atoms with Gasteiger partial charge in [-0.15, -0.1) is 0 Å². The fraction of sp³-hybridized carbons (Fsp3) is 0.368. The molecule has 0 aliphatic heterocycles. The first-order valence-electron chi connectivity index (χ1n) is 9.06. The van der Waals surface area contributed by atoms with Crippen molar-refractivity contribution in [1.29, 1.82) is 0 Å². The molecule has 0 atom stereocenters. The van der Waals surface area contributed by atoms with Gasteiger partial charge >= 0.3 is 0 Å². The van der Waals surface area contributed by atoms with Crippen molar-refractivity contribution in [2.24, 2.45) is 13.0 Å². The Labute approximate surface area is 176 Å². The van der Waals surface area contributed by atoms with Gasteiger partial charge in [0.05, 0.1) is 17.6 Å². The number of fused-ring (bicyclic) bond motifs is 1. The molecular weight excluding hydrogens is 417 g/mol. The van der Waals surface area contributed by atoms with Crippen LogP contribution < -0.4 is 10.9 Å². The van der Waals surface area contributed by atoms with Crippen molar-refractivity contribution in [3.8, 4) is 0 Å². The number of hydrogen-bond acceptors (Lipinski definition) is 5. The van der Waals surface area contributed by atoms with Gasteiger partial charge in [0.1, 0.15) is 11.3 Å². The molecule has 0 aliphatic carbocycles. The van der Waals surface area contributed by atoms with Gasteiger partial charge in [-0.05, 0) is 30.5 Å². The van der Waals surface area contributed by atoms with Gasteiger partial charge in [-0.2, -0.15) is 5.10 Å². The quantitative estimate of drug-likeness (QED) is 0.450. The first-order valence-corrected chi connectivity index (χ1v) is 10.4. The van der Waals surface area contributed by atoms with E-state index < -0.39 is 11.7 Å². The molecule has 2 heterocycles. The Bertz CT molecular complexity index is 1110. The van der Waals surface area contributed by atoms with Crippen molar-refractivity contribution < 1.29 is 9.18 Å². The summed E-state index contributed by atoms with van der Waals surface area (Å²) in [6.07, 6.45) is 2.45. The smallest absolute Gasteiger partial charge is 0.282 e. The van der Waals surface area contributed by atoms with Crippen molar-refractivity contribution in [3.05, 3.63) is 45.6 Å². The molecule has 1 N–H and O–H groups in total. The summed E-state index contributed by atoms with van der Waals surface area (Å²) in [6.45, 7) is 4.61. The fourth-order valence-electron chi connectivity index (χ4n) is 2.69. The first kappa shape index (κ1) is 21.3. The molecule has 0 saturated carbocycles. The number of aryl methyl sites for hydroxylation is 1. The molecule has 2 aromatic heterocycles. The molecule has 3 aromatic rings. The van der Waals surface area contributed by atoms with Crippen LogP contribution in [0, 0.1) is 11.7 Å². The van der Waals surface area contributed by atoms with Crippen LogP contribution in [0.5, 0.6) is 0 Å². The molecule has 3 rings (SSSR count). The summed E-state index contributed by atoms with van der Waals surface area (Å²) >= 11 is 6.85. The van der Waals surface area contributed by atoms with Crippen LogP contribution in [-0.2, 0) is 18.4 Å². The summed E-state index contributed by atoms with van der Waals surface area (Å²) in [5.74, 6) is -0.649. The number of thioether (sulfide) groups is 1. The lowest BCUT2D eigenvalue weighted by atomic mass is 10.1. The Balaban J connectivity index is 1.81. The number of halogens is 2. The van der Waals surface area contributed by atoms with Gasteiger partial charge in [0.15, 0.2) is 10.7 Å². The highest BCUT2D eigenvalue weighted by molar-refractivity contribution is 7.99. The third kappa shape index (κ3) is 5.16. The lowest BCUT2D eigenvalue weighted by Gasteiger charge is -2.13. The molecule has 0 bridgehead atoms. The molecule has 10 heteroatoms. The van der Waals surface area contributed by atoms with E-state index in [1.54, 1.807) is 17.8 Å². The van der Waals surface area contributed by atoms with Gasteiger partial charge in [-0.25, -0.2) is 9.37 Å². The Morgan fingerprint density at radius 2 is 2.14 bits per heavy atom. The molecule has 0 fully saturated rings. The summed E-state index contributed by atoms with van der Waals surface area (Å²) in [4.78, 5) is 29.7. The Kier molecular flexibility index (Phi) is 6.59. The Hall–Kier alpha value is -2.39. The van der Waals surface area contributed by atoms with Crippen LogP contribution in [0.1, 0.15) is 20.3 Å². The van der Waals surface area contributed by atoms with Crippen LogP contribution in [0.15, 0.2) is 34.3 Å². The van der Waals surface area contributed by atoms with Crippen LogP contribution >= 0.6 is 23.4 Å². The fourth-order valence-corrected chi connectivity index (χ4v) is 3.67. The monoisotopic (exact) mass is 437 g/mol. The number of amides is 1. The molecule has 154 valence electrons. The van der Waals surface area contributed by atoms with Crippen molar-refractivity contribution in [3.63, 3.8) is 0 Å². The van der Waals surface area contributed by atoms with Gasteiger partial charge in [-0.3, -0.25) is 18.8 Å². The predicted octanol–water partition coefficient (Wildman–Crippen LogP) is 3.70. The third-order valence-electron chi connectivity index (χ3n) is 4.17. The predicted molar refractivity (Wildman–Crippen MR) is 113 cm³/mol. The second kappa shape index (κ2) is 8.96. The zero-order valence-electron chi connectivity index (χ0n) is 16.3. The van der Waals surface area contributed by atoms with Crippen LogP contribution in [0.25, 0.3) is 11.0 Å². The van der Waals surface area contributed by atoms with E-state index in [4.69, 9.17) is 11.6 Å². The third-order valence-corrected chi connectivity index (χ3v) is 5.38. The minimum absolute atomic E-state index is 0.0258. The van der Waals surface area contributed by atoms with Crippen molar-refractivity contribution in [1.82, 2.24) is 19.3 Å². The van der Waals surface area contributed by atoms with Crippen LogP contribution in [0.2, 0.25) is 5.02 Å². The van der Waals surface area contributed by atoms with Crippen molar-refractivity contribution >= 4 is 46.0 Å². The summed E-state index contributed by atoms with van der Waals surface area (Å²) in [5, 5.41) is 7.38. The number of carbonyl (C=O) groups is 1. The molecule has 1 amide bonds. The van der Waals surface area contributed by atoms with Gasteiger partial charge in [0.25, 0.3) is 5.56 Å². The zero-order valence-corrected chi connectivity index (χ0v) is 17.9. The van der Waals surface area contributed by atoms with E-state index in [-0.39, 0.29) is 22.0 Å². The molecule has 0 spiro atoms. The SMILES string of the molecule is CC(C)CCn1c(SCC(=O)Nc2ccc(Cl)cc2F)nc2cn(C)nc2c1=O. The number of rotatable bonds is 7. The summed E-state index contributed by atoms with van der Waals surface area (Å²) in [6, 6.07) is 4.03. The lowest BCUT2D eigenvalue weighted by Crippen LogP contribution is -2.25. The summed E-state index contributed by atoms with van der Waals surface area (Å²) < 4.78 is 17.0. The molecule has 0 saturated heterocycles. The topological polar surface area (TPSA) is 81.8 Å². The Morgan fingerprint density at radius 1 is 1.38 bits per heavy atom. The van der Waals surface area contributed by atoms with Crippen molar-refractivity contribution in [2.45, 2.75) is 32.0 Å². The van der Waals surface area contributed by atoms with E-state index in [2.05, 4.69) is 29.2 Å². The molecular formula is C19H21ClFN5O2S. The summed E-state index contributed by atoms with van der Waals surface area (Å²) in [5.41, 5.74) is 0.592. The minimum Gasteiger partial charge on any atom is -0.323 e. The molecule has 7 nitrogen and oxygen atoms in total. The highest BCUT2D eigenvalue weighted by Crippen LogP contribution is 2.21. The van der Waals surface area contributed by atoms with Gasteiger partial charge < -0.3 is 5.32 Å². The number of carbonyl (C=O) groups excluding carboxylic acids is 1. The highest BCUT2D eigenvalue weighted by Gasteiger charge is 2.16. The van der Waals surface area contributed by atoms with E-state index in [1.807, 2.05) is 0 Å². The maximum Gasteiger partial charge on any atom is 0.282 e. The van der Waals surface area contributed by atoms with Crippen molar-refractivity contribution in [2.75, 3.05) is 11.1 Å². The van der Waals surface area contributed by atoms with Crippen LogP contribution in [0.4, 0.5) is 10.1 Å². The maximum absolute atomic E-state index is 13.9. The van der Waals surface area contributed by atoms with E-state index >= 15 is 0 Å². The number of aromatic nitrogens is 4. The van der Waals surface area contributed by atoms with Gasteiger partial charge in [0.2, 0.25) is 5.91 Å². The average molecular weight is 438 g/mol. The number of hydrogen-bond donors (Lipinski definition) is 1. The standard InChI is InChI=1S/C19H21ClFN5O2S/c1-11(2)6-7-26-18(28)17-15(9-25(3)24-17)23-19(26)29-10-16(27)22-14-5-4-12(20)8-13(14)21/h4-5,8-9,11H,6-7,10H2,1-3H3,(H,22,27). The van der Waals surface area contributed by atoms with E-state index in [0.717, 1.165) is 24.2 Å². The first-order chi connectivity index (χ1) is 13.7. The van der Waals surface area contributed by atoms with E-state index in [0.29, 0.717) is 28.7 Å². The lowest BCUT2D eigenvalue weighted by molar-refractivity contribution is -0.113. The van der Waals surface area contributed by atoms with E-state index in [9.17, 15) is 14.0 Å². The molecule has 0 aliphatic rings.